The van der Waals surface area contributed by atoms with Crippen LogP contribution in [0.2, 0.25) is 20.1 Å². The van der Waals surface area contributed by atoms with E-state index in [-0.39, 0.29) is 31.8 Å². The number of allylic oxidation sites excluding steroid dienone is 3. The Morgan fingerprint density at radius 2 is 1.65 bits per heavy atom. The van der Waals surface area contributed by atoms with Crippen LogP contribution in [0, 0.1) is 0 Å². The molecule has 5 rings (SSSR count). The fraction of sp³-hybridized carbons (Fsp3) is 0.258. The molecule has 2 aliphatic rings. The molecule has 0 fully saturated rings. The molecule has 2 heterocycles. The van der Waals surface area contributed by atoms with Crippen molar-refractivity contribution in [3.05, 3.63) is 103 Å². The van der Waals surface area contributed by atoms with E-state index in [1.54, 1.807) is 18.2 Å². The summed E-state index contributed by atoms with van der Waals surface area (Å²) in [6.07, 6.45) is 6.98. The Kier molecular flexibility index (Phi) is 7.79. The van der Waals surface area contributed by atoms with Crippen molar-refractivity contribution in [1.29, 1.82) is 0 Å². The SMILES string of the molecule is C/C=C\C(=C/CC)N(C)c1ccc2c(c1)Oc1cc(OC(C)C)ccc1C21OC(=O)c2c(Cl)c(Cl)c(Cl)c(Cl)c21. The van der Waals surface area contributed by atoms with Gasteiger partial charge in [-0.3, -0.25) is 0 Å². The van der Waals surface area contributed by atoms with E-state index >= 15 is 0 Å². The molecule has 0 aromatic heterocycles. The minimum Gasteiger partial charge on any atom is -0.491 e. The van der Waals surface area contributed by atoms with Crippen LogP contribution in [0.4, 0.5) is 5.69 Å². The maximum absolute atomic E-state index is 13.5. The molecule has 9 heteroatoms. The topological polar surface area (TPSA) is 48.0 Å². The van der Waals surface area contributed by atoms with Crippen molar-refractivity contribution in [2.24, 2.45) is 0 Å². The predicted octanol–water partition coefficient (Wildman–Crippen LogP) is 9.96. The van der Waals surface area contributed by atoms with Gasteiger partial charge in [-0.15, -0.1) is 0 Å². The summed E-state index contributed by atoms with van der Waals surface area (Å²) in [7, 11) is 1.98. The van der Waals surface area contributed by atoms with E-state index in [9.17, 15) is 4.79 Å². The van der Waals surface area contributed by atoms with Gasteiger partial charge in [0.15, 0.2) is 5.60 Å². The van der Waals surface area contributed by atoms with Crippen LogP contribution in [0.25, 0.3) is 0 Å². The first-order valence-electron chi connectivity index (χ1n) is 12.8. The van der Waals surface area contributed by atoms with E-state index in [0.717, 1.165) is 17.8 Å². The average Bonchev–Trinajstić information content (AvgIpc) is 3.22. The van der Waals surface area contributed by atoms with Gasteiger partial charge in [-0.25, -0.2) is 4.79 Å². The standard InChI is InChI=1S/C31H27Cl4NO4/c1-6-8-17(9-7-2)36(5)18-10-12-20-22(14-18)39-23-15-19(38-16(3)4)11-13-21(23)31(20)25-24(30(37)40-31)26(32)28(34)29(35)27(25)33/h6,8-16H,7H2,1-5H3/b8-6-,17-9+. The Morgan fingerprint density at radius 1 is 1.00 bits per heavy atom. The number of carbonyl (C=O) groups excluding carboxylic acids is 1. The number of rotatable bonds is 6. The summed E-state index contributed by atoms with van der Waals surface area (Å²) < 4.78 is 18.7. The van der Waals surface area contributed by atoms with E-state index in [1.165, 1.54) is 0 Å². The highest BCUT2D eigenvalue weighted by molar-refractivity contribution is 6.53. The van der Waals surface area contributed by atoms with Crippen LogP contribution in [0.15, 0.2) is 60.3 Å². The smallest absolute Gasteiger partial charge is 0.341 e. The zero-order valence-electron chi connectivity index (χ0n) is 22.6. The van der Waals surface area contributed by atoms with Gasteiger partial charge in [-0.05, 0) is 57.5 Å². The van der Waals surface area contributed by atoms with Gasteiger partial charge in [0, 0.05) is 47.3 Å². The number of benzene rings is 3. The fourth-order valence-electron chi connectivity index (χ4n) is 5.20. The summed E-state index contributed by atoms with van der Waals surface area (Å²) in [5.41, 5.74) is 1.94. The zero-order valence-corrected chi connectivity index (χ0v) is 25.6. The molecule has 0 bridgehead atoms. The number of carbonyl (C=O) groups is 1. The van der Waals surface area contributed by atoms with Crippen molar-refractivity contribution >= 4 is 58.1 Å². The predicted molar refractivity (Wildman–Crippen MR) is 162 cm³/mol. The molecule has 0 saturated heterocycles. The first-order chi connectivity index (χ1) is 19.0. The number of anilines is 1. The Bertz CT molecular complexity index is 1600. The minimum atomic E-state index is -1.48. The van der Waals surface area contributed by atoms with Crippen LogP contribution >= 0.6 is 46.4 Å². The van der Waals surface area contributed by atoms with E-state index in [0.29, 0.717) is 33.9 Å². The van der Waals surface area contributed by atoms with Crippen LogP contribution in [0.5, 0.6) is 17.2 Å². The highest BCUT2D eigenvalue weighted by atomic mass is 35.5. The summed E-state index contributed by atoms with van der Waals surface area (Å²) in [6, 6.07) is 11.1. The molecule has 3 aromatic rings. The third kappa shape index (κ3) is 4.44. The number of hydrogen-bond acceptors (Lipinski definition) is 5. The van der Waals surface area contributed by atoms with Crippen LogP contribution in [-0.2, 0) is 10.3 Å². The van der Waals surface area contributed by atoms with Gasteiger partial charge >= 0.3 is 5.97 Å². The molecule has 5 nitrogen and oxygen atoms in total. The molecule has 208 valence electrons. The van der Waals surface area contributed by atoms with E-state index in [1.807, 2.05) is 58.2 Å². The number of ether oxygens (including phenoxy) is 3. The maximum atomic E-state index is 13.5. The third-order valence-electron chi connectivity index (χ3n) is 6.86. The van der Waals surface area contributed by atoms with Gasteiger partial charge in [-0.2, -0.15) is 0 Å². The molecular formula is C31H27Cl4NO4. The van der Waals surface area contributed by atoms with Crippen molar-refractivity contribution < 1.29 is 19.0 Å². The highest BCUT2D eigenvalue weighted by Crippen LogP contribution is 2.61. The maximum Gasteiger partial charge on any atom is 0.341 e. The molecule has 3 aromatic carbocycles. The first kappa shape index (κ1) is 28.7. The molecule has 40 heavy (non-hydrogen) atoms. The van der Waals surface area contributed by atoms with Crippen LogP contribution < -0.4 is 14.4 Å². The molecule has 0 N–H and O–H groups in total. The summed E-state index contributed by atoms with van der Waals surface area (Å²) in [5.74, 6) is 0.866. The lowest BCUT2D eigenvalue weighted by Crippen LogP contribution is -2.33. The van der Waals surface area contributed by atoms with Gasteiger partial charge in [0.05, 0.1) is 31.8 Å². The van der Waals surface area contributed by atoms with Crippen molar-refractivity contribution in [3.63, 3.8) is 0 Å². The quantitative estimate of drug-likeness (QED) is 0.119. The van der Waals surface area contributed by atoms with Crippen LogP contribution in [0.1, 0.15) is 61.2 Å². The second-order valence-electron chi connectivity index (χ2n) is 9.78. The molecule has 0 aliphatic carbocycles. The normalized spacial score (nSPS) is 17.6. The molecule has 2 aliphatic heterocycles. The number of likely N-dealkylation sites (N-methyl/N-ethyl adjacent to an activating group) is 1. The van der Waals surface area contributed by atoms with Gasteiger partial charge in [0.2, 0.25) is 0 Å². The lowest BCUT2D eigenvalue weighted by molar-refractivity contribution is 0.0224. The van der Waals surface area contributed by atoms with E-state index < -0.39 is 11.6 Å². The Labute approximate surface area is 253 Å². The summed E-state index contributed by atoms with van der Waals surface area (Å²) in [6.45, 7) is 7.94. The average molecular weight is 619 g/mol. The number of fused-ring (bicyclic) bond motifs is 6. The van der Waals surface area contributed by atoms with Gasteiger partial charge in [0.1, 0.15) is 17.2 Å². The fourth-order valence-corrected chi connectivity index (χ4v) is 6.26. The molecule has 0 radical (unpaired) electrons. The molecule has 1 unspecified atom stereocenters. The van der Waals surface area contributed by atoms with Crippen LogP contribution in [0.3, 0.4) is 0 Å². The van der Waals surface area contributed by atoms with Crippen molar-refractivity contribution in [2.45, 2.75) is 45.8 Å². The zero-order chi connectivity index (χ0) is 28.9. The monoisotopic (exact) mass is 617 g/mol. The molecular weight excluding hydrogens is 592 g/mol. The van der Waals surface area contributed by atoms with Crippen molar-refractivity contribution in [1.82, 2.24) is 0 Å². The highest BCUT2D eigenvalue weighted by Gasteiger charge is 2.56. The van der Waals surface area contributed by atoms with E-state index in [2.05, 4.69) is 17.9 Å². The minimum absolute atomic E-state index is 0.00883. The molecule has 0 saturated carbocycles. The van der Waals surface area contributed by atoms with Gasteiger partial charge < -0.3 is 19.1 Å². The lowest BCUT2D eigenvalue weighted by atomic mass is 9.77. The number of hydrogen-bond donors (Lipinski definition) is 0. The lowest BCUT2D eigenvalue weighted by Gasteiger charge is -2.37. The second-order valence-corrected chi connectivity index (χ2v) is 11.3. The Hall–Kier alpha value is -2.83. The second kappa shape index (κ2) is 10.9. The largest absolute Gasteiger partial charge is 0.491 e. The molecule has 1 atom stereocenters. The molecule has 0 amide bonds. The summed E-state index contributed by atoms with van der Waals surface area (Å²) >= 11 is 26.3. The number of esters is 1. The van der Waals surface area contributed by atoms with Crippen LogP contribution in [-0.4, -0.2) is 19.1 Å². The Balaban J connectivity index is 1.80. The van der Waals surface area contributed by atoms with Crippen molar-refractivity contribution in [3.8, 4) is 17.2 Å². The summed E-state index contributed by atoms with van der Waals surface area (Å²) in [5, 5.41) is 0.0987. The number of nitrogens with zero attached hydrogens (tertiary/aromatic N) is 1. The Morgan fingerprint density at radius 3 is 2.30 bits per heavy atom. The summed E-state index contributed by atoms with van der Waals surface area (Å²) in [4.78, 5) is 15.5. The van der Waals surface area contributed by atoms with E-state index in [4.69, 9.17) is 60.6 Å². The van der Waals surface area contributed by atoms with Gasteiger partial charge in [-0.1, -0.05) is 65.5 Å². The molecule has 1 spiro atoms. The van der Waals surface area contributed by atoms with Gasteiger partial charge in [0.25, 0.3) is 0 Å². The number of halogens is 4. The van der Waals surface area contributed by atoms with Crippen molar-refractivity contribution in [2.75, 3.05) is 11.9 Å². The third-order valence-corrected chi connectivity index (χ3v) is 8.66. The first-order valence-corrected chi connectivity index (χ1v) is 14.4.